The fourth-order valence-corrected chi connectivity index (χ4v) is 4.95. The minimum absolute atomic E-state index is 0.136. The number of aliphatic hydroxyl groups excluding tert-OH is 1. The number of benzene rings is 1. The van der Waals surface area contributed by atoms with Crippen molar-refractivity contribution in [2.75, 3.05) is 18.1 Å². The Bertz CT molecular complexity index is 1140. The van der Waals surface area contributed by atoms with Crippen molar-refractivity contribution in [3.05, 3.63) is 63.3 Å². The first-order valence-electron chi connectivity index (χ1n) is 10.5. The zero-order valence-corrected chi connectivity index (χ0v) is 19.5. The zero-order valence-electron chi connectivity index (χ0n) is 17.9. The van der Waals surface area contributed by atoms with Crippen molar-refractivity contribution in [2.24, 2.45) is 0 Å². The lowest BCUT2D eigenvalue weighted by Gasteiger charge is -2.19. The van der Waals surface area contributed by atoms with Crippen LogP contribution in [0.25, 0.3) is 0 Å². The average molecular weight is 486 g/mol. The van der Waals surface area contributed by atoms with Gasteiger partial charge in [0.25, 0.3) is 5.91 Å². The Balaban J connectivity index is 1.49. The number of Topliss-reactive ketones (excluding diaryl/α,β-unsaturated/α-hetero) is 1. The molecule has 33 heavy (non-hydrogen) atoms. The molecule has 1 aliphatic heterocycles. The summed E-state index contributed by atoms with van der Waals surface area (Å²) in [4.78, 5) is 44.6. The highest BCUT2D eigenvalue weighted by Crippen LogP contribution is 2.38. The van der Waals surface area contributed by atoms with Gasteiger partial charge in [-0.15, -0.1) is 22.7 Å². The van der Waals surface area contributed by atoms with E-state index in [0.717, 1.165) is 0 Å². The number of ketones is 1. The van der Waals surface area contributed by atoms with Gasteiger partial charge in [-0.1, -0.05) is 18.2 Å². The molecule has 1 aromatic carbocycles. The molecule has 10 heteroatoms. The Labute approximate surface area is 198 Å². The van der Waals surface area contributed by atoms with Crippen LogP contribution in [-0.2, 0) is 4.79 Å². The largest absolute Gasteiger partial charge is 0.475 e. The molecule has 2 N–H and O–H groups in total. The lowest BCUT2D eigenvalue weighted by atomic mass is 10.1. The van der Waals surface area contributed by atoms with E-state index in [9.17, 15) is 14.4 Å². The van der Waals surface area contributed by atoms with Gasteiger partial charge in [0.2, 0.25) is 17.8 Å². The second-order valence-electron chi connectivity index (χ2n) is 7.60. The summed E-state index contributed by atoms with van der Waals surface area (Å²) in [6.07, 6.45) is -0.215. The van der Waals surface area contributed by atoms with E-state index in [2.05, 4.69) is 10.3 Å². The molecule has 3 heterocycles. The van der Waals surface area contributed by atoms with Gasteiger partial charge in [-0.3, -0.25) is 19.3 Å². The molecule has 0 aliphatic carbocycles. The Morgan fingerprint density at radius 2 is 2.06 bits per heavy atom. The second-order valence-corrected chi connectivity index (χ2v) is 9.39. The maximum absolute atomic E-state index is 13.2. The number of para-hydroxylation sites is 1. The number of carbonyl (C=O) groups is 3. The third kappa shape index (κ3) is 5.13. The molecular weight excluding hydrogens is 462 g/mol. The van der Waals surface area contributed by atoms with Crippen LogP contribution in [0.1, 0.15) is 51.6 Å². The molecule has 2 atom stereocenters. The molecular formula is C23H23N3O5S2. The van der Waals surface area contributed by atoms with Crippen LogP contribution in [0.5, 0.6) is 5.75 Å². The Hall–Kier alpha value is -3.08. The molecule has 2 amide bonds. The minimum atomic E-state index is -0.836. The molecule has 3 aromatic rings. The van der Waals surface area contributed by atoms with Crippen LogP contribution in [0.3, 0.4) is 0 Å². The zero-order chi connectivity index (χ0) is 23.4. The summed E-state index contributed by atoms with van der Waals surface area (Å²) < 4.78 is 5.81. The number of nitrogens with one attached hydrogen (secondary N) is 1. The number of hydrogen-bond acceptors (Lipinski definition) is 8. The van der Waals surface area contributed by atoms with Crippen LogP contribution in [-0.4, -0.2) is 46.9 Å². The van der Waals surface area contributed by atoms with Gasteiger partial charge in [0.1, 0.15) is 11.4 Å². The third-order valence-electron chi connectivity index (χ3n) is 5.09. The van der Waals surface area contributed by atoms with E-state index in [4.69, 9.17) is 9.84 Å². The summed E-state index contributed by atoms with van der Waals surface area (Å²) in [5.74, 6) is -0.0375. The first-order chi connectivity index (χ1) is 16.0. The van der Waals surface area contributed by atoms with Gasteiger partial charge >= 0.3 is 0 Å². The highest BCUT2D eigenvalue weighted by Gasteiger charge is 2.35. The van der Waals surface area contributed by atoms with Crippen LogP contribution in [0.15, 0.2) is 47.2 Å². The monoisotopic (exact) mass is 485 g/mol. The molecule has 8 nitrogen and oxygen atoms in total. The maximum atomic E-state index is 13.2. The van der Waals surface area contributed by atoms with E-state index in [1.807, 2.05) is 5.38 Å². The minimum Gasteiger partial charge on any atom is -0.475 e. The number of fused-ring (bicyclic) bond motifs is 1. The van der Waals surface area contributed by atoms with Crippen LogP contribution < -0.4 is 15.0 Å². The van der Waals surface area contributed by atoms with Gasteiger partial charge in [0, 0.05) is 24.4 Å². The standard InChI is InChI=1S/C23H23N3O5S2/c1-14(12-27)24-19(28)9-4-10-26(22(30)18-8-5-11-32-18)23-25-16(13-33-23)21-20(29)15-6-2-3-7-17(15)31-21/h2-3,5-8,11,13-14,21,27H,4,9-10,12H2,1H3,(H,24,28). The van der Waals surface area contributed by atoms with Gasteiger partial charge in [0.05, 0.1) is 17.0 Å². The third-order valence-corrected chi connectivity index (χ3v) is 6.83. The number of aromatic nitrogens is 1. The van der Waals surface area contributed by atoms with Crippen molar-refractivity contribution < 1.29 is 24.2 Å². The van der Waals surface area contributed by atoms with Crippen LogP contribution in [0, 0.1) is 0 Å². The summed E-state index contributed by atoms with van der Waals surface area (Å²) in [7, 11) is 0. The summed E-state index contributed by atoms with van der Waals surface area (Å²) in [5.41, 5.74) is 0.974. The molecule has 0 spiro atoms. The fraction of sp³-hybridized carbons (Fsp3) is 0.304. The SMILES string of the molecule is CC(CO)NC(=O)CCCN(C(=O)c1cccs1)c1nc(C2Oc3ccccc3C2=O)cs1. The van der Waals surface area contributed by atoms with E-state index in [1.165, 1.54) is 27.6 Å². The van der Waals surface area contributed by atoms with Crippen molar-refractivity contribution in [2.45, 2.75) is 31.9 Å². The Kier molecular flexibility index (Phi) is 7.17. The van der Waals surface area contributed by atoms with Crippen molar-refractivity contribution in [1.82, 2.24) is 10.3 Å². The normalized spacial score (nSPS) is 15.6. The molecule has 0 saturated carbocycles. The van der Waals surface area contributed by atoms with E-state index in [0.29, 0.717) is 33.4 Å². The highest BCUT2D eigenvalue weighted by molar-refractivity contribution is 7.14. The Morgan fingerprint density at radius 3 is 2.79 bits per heavy atom. The quantitative estimate of drug-likeness (QED) is 0.481. The number of nitrogens with zero attached hydrogens (tertiary/aromatic N) is 2. The predicted octanol–water partition coefficient (Wildman–Crippen LogP) is 3.45. The van der Waals surface area contributed by atoms with Gasteiger partial charge in [-0.05, 0) is 36.9 Å². The molecule has 1 aliphatic rings. The van der Waals surface area contributed by atoms with Gasteiger partial charge < -0.3 is 15.2 Å². The van der Waals surface area contributed by atoms with E-state index >= 15 is 0 Å². The highest BCUT2D eigenvalue weighted by atomic mass is 32.1. The molecule has 4 rings (SSSR count). The summed E-state index contributed by atoms with van der Waals surface area (Å²) >= 11 is 2.59. The average Bonchev–Trinajstić information content (AvgIpc) is 3.57. The van der Waals surface area contributed by atoms with Gasteiger partial charge in [0.15, 0.2) is 5.13 Å². The molecule has 0 bridgehead atoms. The predicted molar refractivity (Wildman–Crippen MR) is 126 cm³/mol. The molecule has 2 unspecified atom stereocenters. The van der Waals surface area contributed by atoms with Crippen molar-refractivity contribution in [3.8, 4) is 5.75 Å². The second kappa shape index (κ2) is 10.2. The molecule has 0 radical (unpaired) electrons. The smallest absolute Gasteiger partial charge is 0.270 e. The fourth-order valence-electron chi connectivity index (χ4n) is 3.42. The van der Waals surface area contributed by atoms with Crippen LogP contribution >= 0.6 is 22.7 Å². The number of amides is 2. The number of hydrogen-bond donors (Lipinski definition) is 2. The lowest BCUT2D eigenvalue weighted by Crippen LogP contribution is -2.36. The van der Waals surface area contributed by atoms with E-state index in [-0.39, 0.29) is 43.2 Å². The molecule has 2 aromatic heterocycles. The molecule has 0 fully saturated rings. The van der Waals surface area contributed by atoms with Crippen LogP contribution in [0.4, 0.5) is 5.13 Å². The number of anilines is 1. The Morgan fingerprint density at radius 1 is 1.24 bits per heavy atom. The van der Waals surface area contributed by atoms with Gasteiger partial charge in [-0.2, -0.15) is 0 Å². The van der Waals surface area contributed by atoms with E-state index < -0.39 is 6.10 Å². The first-order valence-corrected chi connectivity index (χ1v) is 12.2. The van der Waals surface area contributed by atoms with E-state index in [1.54, 1.807) is 48.7 Å². The summed E-state index contributed by atoms with van der Waals surface area (Å²) in [6.45, 7) is 1.86. The number of thiophene rings is 1. The lowest BCUT2D eigenvalue weighted by molar-refractivity contribution is -0.122. The van der Waals surface area contributed by atoms with Crippen molar-refractivity contribution >= 4 is 45.4 Å². The first kappa shape index (κ1) is 23.1. The molecule has 0 saturated heterocycles. The van der Waals surface area contributed by atoms with Crippen LogP contribution in [0.2, 0.25) is 0 Å². The number of aliphatic hydroxyl groups is 1. The summed E-state index contributed by atoms with van der Waals surface area (Å²) in [5, 5.41) is 15.8. The number of thiazole rings is 1. The van der Waals surface area contributed by atoms with Crippen molar-refractivity contribution in [1.29, 1.82) is 0 Å². The number of ether oxygens (including phenoxy) is 1. The maximum Gasteiger partial charge on any atom is 0.270 e. The van der Waals surface area contributed by atoms with Crippen molar-refractivity contribution in [3.63, 3.8) is 0 Å². The molecule has 172 valence electrons. The number of carbonyl (C=O) groups excluding carboxylic acids is 3. The van der Waals surface area contributed by atoms with Gasteiger partial charge in [-0.25, -0.2) is 4.98 Å². The topological polar surface area (TPSA) is 109 Å². The number of rotatable bonds is 9. The summed E-state index contributed by atoms with van der Waals surface area (Å²) in [6, 6.07) is 10.3.